The van der Waals surface area contributed by atoms with Crippen LogP contribution in [0, 0.1) is 6.92 Å². The molecule has 1 nitrogen and oxygen atoms in total. The highest BCUT2D eigenvalue weighted by molar-refractivity contribution is 7.99. The zero-order chi connectivity index (χ0) is 13.9. The first-order chi connectivity index (χ1) is 9.72. The van der Waals surface area contributed by atoms with Crippen LogP contribution in [0.25, 0.3) is 0 Å². The Kier molecular flexibility index (Phi) is 3.93. The van der Waals surface area contributed by atoms with E-state index >= 15 is 0 Å². The molecule has 2 atom stereocenters. The van der Waals surface area contributed by atoms with Gasteiger partial charge in [-0.25, -0.2) is 0 Å². The van der Waals surface area contributed by atoms with Crippen LogP contribution in [0.2, 0.25) is 0 Å². The maximum absolute atomic E-state index is 12.1. The number of benzene rings is 2. The summed E-state index contributed by atoms with van der Waals surface area (Å²) in [6, 6.07) is 19.0. The Labute approximate surface area is 124 Å². The molecular weight excluding hydrogens is 264 g/mol. The van der Waals surface area contributed by atoms with E-state index in [-0.39, 0.29) is 0 Å². The smallest absolute Gasteiger partial charge is 0.135 e. The lowest BCUT2D eigenvalue weighted by Gasteiger charge is -2.28. The van der Waals surface area contributed by atoms with E-state index in [0.29, 0.717) is 29.1 Å². The van der Waals surface area contributed by atoms with Crippen molar-refractivity contribution in [1.82, 2.24) is 0 Å². The molecule has 1 saturated heterocycles. The first kappa shape index (κ1) is 13.4. The molecule has 3 rings (SSSR count). The predicted molar refractivity (Wildman–Crippen MR) is 84.9 cm³/mol. The van der Waals surface area contributed by atoms with E-state index in [9.17, 15) is 4.79 Å². The number of rotatable bonds is 2. The van der Waals surface area contributed by atoms with Crippen molar-refractivity contribution in [2.75, 3.05) is 0 Å². The summed E-state index contributed by atoms with van der Waals surface area (Å²) in [5, 5.41) is 0.589. The molecule has 1 aliphatic rings. The van der Waals surface area contributed by atoms with Gasteiger partial charge >= 0.3 is 0 Å². The minimum Gasteiger partial charge on any atom is -0.300 e. The molecule has 0 spiro atoms. The largest absolute Gasteiger partial charge is 0.300 e. The zero-order valence-corrected chi connectivity index (χ0v) is 12.4. The van der Waals surface area contributed by atoms with Crippen molar-refractivity contribution in [3.63, 3.8) is 0 Å². The Hall–Kier alpha value is -1.54. The van der Waals surface area contributed by atoms with Gasteiger partial charge in [0, 0.05) is 23.3 Å². The highest BCUT2D eigenvalue weighted by Crippen LogP contribution is 2.48. The second-order valence-corrected chi connectivity index (χ2v) is 6.79. The van der Waals surface area contributed by atoms with Gasteiger partial charge in [-0.2, -0.15) is 0 Å². The standard InChI is InChI=1S/C18H18OS/c1-13-7-9-15(10-8-13)18-12-16(19)11-17(20-18)14-5-3-2-4-6-14/h2-10,17-18H,11-12H2,1H3/t17-,18-/m0/s1. The van der Waals surface area contributed by atoms with Gasteiger partial charge < -0.3 is 0 Å². The van der Waals surface area contributed by atoms with Crippen LogP contribution >= 0.6 is 11.8 Å². The topological polar surface area (TPSA) is 17.1 Å². The normalized spacial score (nSPS) is 22.8. The molecule has 0 aromatic heterocycles. The van der Waals surface area contributed by atoms with Crippen LogP contribution in [0.5, 0.6) is 0 Å². The molecule has 20 heavy (non-hydrogen) atoms. The molecule has 0 N–H and O–H groups in total. The lowest BCUT2D eigenvalue weighted by atomic mass is 10.00. The summed E-state index contributed by atoms with van der Waals surface area (Å²) < 4.78 is 0. The number of carbonyl (C=O) groups excluding carboxylic acids is 1. The van der Waals surface area contributed by atoms with Crippen molar-refractivity contribution in [3.8, 4) is 0 Å². The fourth-order valence-electron chi connectivity index (χ4n) is 2.63. The van der Waals surface area contributed by atoms with Crippen molar-refractivity contribution in [3.05, 3.63) is 71.3 Å². The highest BCUT2D eigenvalue weighted by atomic mass is 32.2. The fraction of sp³-hybridized carbons (Fsp3) is 0.278. The number of Topliss-reactive ketones (excluding diaryl/α,β-unsaturated/α-hetero) is 1. The molecule has 2 aromatic carbocycles. The molecule has 1 fully saturated rings. The predicted octanol–water partition coefficient (Wildman–Crippen LogP) is 4.87. The molecule has 1 heterocycles. The second-order valence-electron chi connectivity index (χ2n) is 5.38. The van der Waals surface area contributed by atoms with E-state index in [1.165, 1.54) is 16.7 Å². The van der Waals surface area contributed by atoms with Crippen molar-refractivity contribution in [2.24, 2.45) is 0 Å². The maximum Gasteiger partial charge on any atom is 0.135 e. The van der Waals surface area contributed by atoms with Gasteiger partial charge in [-0.05, 0) is 18.1 Å². The van der Waals surface area contributed by atoms with Gasteiger partial charge in [0.2, 0.25) is 0 Å². The third-order valence-electron chi connectivity index (χ3n) is 3.78. The van der Waals surface area contributed by atoms with Crippen LogP contribution in [0.15, 0.2) is 54.6 Å². The Morgan fingerprint density at radius 1 is 0.850 bits per heavy atom. The molecule has 102 valence electrons. The summed E-state index contributed by atoms with van der Waals surface area (Å²) in [6.07, 6.45) is 1.33. The Morgan fingerprint density at radius 3 is 2.00 bits per heavy atom. The number of thioether (sulfide) groups is 1. The zero-order valence-electron chi connectivity index (χ0n) is 11.6. The van der Waals surface area contributed by atoms with Gasteiger partial charge in [0.15, 0.2) is 0 Å². The lowest BCUT2D eigenvalue weighted by Crippen LogP contribution is -2.15. The quantitative estimate of drug-likeness (QED) is 0.781. The first-order valence-corrected chi connectivity index (χ1v) is 7.95. The minimum absolute atomic E-state index is 0.294. The number of carbonyl (C=O) groups is 1. The van der Waals surface area contributed by atoms with Crippen LogP contribution in [-0.4, -0.2) is 5.78 Å². The van der Waals surface area contributed by atoms with Crippen LogP contribution < -0.4 is 0 Å². The van der Waals surface area contributed by atoms with E-state index in [2.05, 4.69) is 55.5 Å². The summed E-state index contributed by atoms with van der Waals surface area (Å²) in [5.74, 6) is 0.378. The number of hydrogen-bond donors (Lipinski definition) is 0. The summed E-state index contributed by atoms with van der Waals surface area (Å²) in [4.78, 5) is 12.1. The molecule has 0 bridgehead atoms. The number of aryl methyl sites for hydroxylation is 1. The molecule has 2 aromatic rings. The molecule has 0 saturated carbocycles. The molecule has 0 unspecified atom stereocenters. The molecule has 1 aliphatic heterocycles. The van der Waals surface area contributed by atoms with E-state index in [4.69, 9.17) is 0 Å². The molecule has 0 amide bonds. The fourth-order valence-corrected chi connectivity index (χ4v) is 4.22. The Balaban J connectivity index is 1.83. The lowest BCUT2D eigenvalue weighted by molar-refractivity contribution is -0.119. The van der Waals surface area contributed by atoms with Gasteiger partial charge in [0.1, 0.15) is 5.78 Å². The van der Waals surface area contributed by atoms with Gasteiger partial charge in [-0.15, -0.1) is 11.8 Å². The molecule has 0 aliphatic carbocycles. The monoisotopic (exact) mass is 282 g/mol. The van der Waals surface area contributed by atoms with Crippen LogP contribution in [0.1, 0.15) is 40.0 Å². The SMILES string of the molecule is Cc1ccc([C@@H]2CC(=O)C[C@@H](c3ccccc3)S2)cc1. The summed E-state index contributed by atoms with van der Waals surface area (Å²) in [7, 11) is 0. The van der Waals surface area contributed by atoms with E-state index < -0.39 is 0 Å². The minimum atomic E-state index is 0.294. The summed E-state index contributed by atoms with van der Waals surface area (Å²) >= 11 is 1.93. The maximum atomic E-state index is 12.1. The van der Waals surface area contributed by atoms with Crippen molar-refractivity contribution in [2.45, 2.75) is 30.3 Å². The Morgan fingerprint density at radius 2 is 1.40 bits per heavy atom. The second kappa shape index (κ2) is 5.84. The summed E-state index contributed by atoms with van der Waals surface area (Å²) in [5.41, 5.74) is 3.80. The number of ketones is 1. The first-order valence-electron chi connectivity index (χ1n) is 7.01. The third kappa shape index (κ3) is 2.96. The third-order valence-corrected chi connectivity index (χ3v) is 5.31. The Bertz CT molecular complexity index is 589. The van der Waals surface area contributed by atoms with Gasteiger partial charge in [0.05, 0.1) is 0 Å². The average molecular weight is 282 g/mol. The molecular formula is C18H18OS. The van der Waals surface area contributed by atoms with Gasteiger partial charge in [0.25, 0.3) is 0 Å². The molecule has 0 radical (unpaired) electrons. The van der Waals surface area contributed by atoms with Gasteiger partial charge in [-0.3, -0.25) is 4.79 Å². The van der Waals surface area contributed by atoms with Crippen molar-refractivity contribution >= 4 is 17.5 Å². The van der Waals surface area contributed by atoms with E-state index in [1.54, 1.807) is 0 Å². The average Bonchev–Trinajstić information content (AvgIpc) is 2.48. The molecule has 2 heteroatoms. The van der Waals surface area contributed by atoms with Crippen LogP contribution in [0.4, 0.5) is 0 Å². The highest BCUT2D eigenvalue weighted by Gasteiger charge is 2.29. The van der Waals surface area contributed by atoms with Crippen molar-refractivity contribution in [1.29, 1.82) is 0 Å². The number of hydrogen-bond acceptors (Lipinski definition) is 2. The van der Waals surface area contributed by atoms with Crippen LogP contribution in [0.3, 0.4) is 0 Å². The van der Waals surface area contributed by atoms with E-state index in [0.717, 1.165) is 0 Å². The van der Waals surface area contributed by atoms with E-state index in [1.807, 2.05) is 17.8 Å². The van der Waals surface area contributed by atoms with Crippen LogP contribution in [-0.2, 0) is 4.79 Å². The van der Waals surface area contributed by atoms with Gasteiger partial charge in [-0.1, -0.05) is 60.2 Å². The summed E-state index contributed by atoms with van der Waals surface area (Å²) in [6.45, 7) is 2.09. The van der Waals surface area contributed by atoms with Crippen molar-refractivity contribution < 1.29 is 4.79 Å².